The van der Waals surface area contributed by atoms with Crippen LogP contribution in [0.2, 0.25) is 0 Å². The lowest BCUT2D eigenvalue weighted by molar-refractivity contribution is -0.143. The van der Waals surface area contributed by atoms with Gasteiger partial charge in [0.15, 0.2) is 0 Å². The Morgan fingerprint density at radius 3 is 2.39 bits per heavy atom. The highest BCUT2D eigenvalue weighted by Crippen LogP contribution is 2.22. The summed E-state index contributed by atoms with van der Waals surface area (Å²) < 4.78 is 5.34. The van der Waals surface area contributed by atoms with E-state index in [9.17, 15) is 14.7 Å². The zero-order valence-electron chi connectivity index (χ0n) is 13.1. The maximum Gasteiger partial charge on any atom is 0.326 e. The van der Waals surface area contributed by atoms with Crippen LogP contribution in [-0.2, 0) is 9.53 Å². The Hall–Kier alpha value is -2.08. The minimum Gasteiger partial charge on any atom is -0.480 e. The summed E-state index contributed by atoms with van der Waals surface area (Å²) in [5.74, 6) is -1.10. The number of amides is 1. The van der Waals surface area contributed by atoms with Crippen LogP contribution in [0.4, 0.5) is 5.69 Å². The summed E-state index contributed by atoms with van der Waals surface area (Å²) in [5.41, 5.74) is 1.62. The first-order valence-electron chi connectivity index (χ1n) is 8.13. The smallest absolute Gasteiger partial charge is 0.326 e. The van der Waals surface area contributed by atoms with Crippen LogP contribution in [0.1, 0.15) is 29.6 Å². The molecule has 1 aromatic rings. The monoisotopic (exact) mass is 318 g/mol. The Bertz CT molecular complexity index is 566. The lowest BCUT2D eigenvalue weighted by Gasteiger charge is -2.33. The summed E-state index contributed by atoms with van der Waals surface area (Å²) in [4.78, 5) is 27.7. The van der Waals surface area contributed by atoms with Crippen LogP contribution in [-0.4, -0.2) is 60.8 Å². The maximum absolute atomic E-state index is 12.6. The second-order valence-corrected chi connectivity index (χ2v) is 5.99. The Balaban J connectivity index is 1.72. The predicted molar refractivity (Wildman–Crippen MR) is 85.8 cm³/mol. The van der Waals surface area contributed by atoms with Crippen molar-refractivity contribution in [1.29, 1.82) is 0 Å². The largest absolute Gasteiger partial charge is 0.480 e. The number of nitrogens with zero attached hydrogens (tertiary/aromatic N) is 2. The van der Waals surface area contributed by atoms with Gasteiger partial charge in [-0.25, -0.2) is 4.79 Å². The molecule has 0 spiro atoms. The molecule has 1 amide bonds. The van der Waals surface area contributed by atoms with Crippen LogP contribution in [0.5, 0.6) is 0 Å². The summed E-state index contributed by atoms with van der Waals surface area (Å²) in [6, 6.07) is 6.74. The minimum atomic E-state index is -0.914. The fourth-order valence-corrected chi connectivity index (χ4v) is 3.23. The van der Waals surface area contributed by atoms with Gasteiger partial charge < -0.3 is 19.6 Å². The van der Waals surface area contributed by atoms with Gasteiger partial charge in [0.25, 0.3) is 5.91 Å². The Kier molecular flexibility index (Phi) is 4.81. The van der Waals surface area contributed by atoms with E-state index >= 15 is 0 Å². The number of carbonyl (C=O) groups excluding carboxylic acids is 1. The van der Waals surface area contributed by atoms with E-state index in [1.807, 2.05) is 12.1 Å². The number of ether oxygens (including phenoxy) is 1. The van der Waals surface area contributed by atoms with Crippen molar-refractivity contribution in [2.75, 3.05) is 37.7 Å². The summed E-state index contributed by atoms with van der Waals surface area (Å²) >= 11 is 0. The number of carboxylic acids is 1. The van der Waals surface area contributed by atoms with E-state index in [-0.39, 0.29) is 5.91 Å². The van der Waals surface area contributed by atoms with Crippen molar-refractivity contribution in [3.63, 3.8) is 0 Å². The average molecular weight is 318 g/mol. The molecule has 0 bridgehead atoms. The number of morpholine rings is 1. The molecule has 2 aliphatic heterocycles. The highest BCUT2D eigenvalue weighted by atomic mass is 16.5. The van der Waals surface area contributed by atoms with Gasteiger partial charge in [-0.15, -0.1) is 0 Å². The fraction of sp³-hybridized carbons (Fsp3) is 0.529. The van der Waals surface area contributed by atoms with E-state index in [2.05, 4.69) is 4.90 Å². The molecule has 124 valence electrons. The van der Waals surface area contributed by atoms with Crippen molar-refractivity contribution in [2.45, 2.75) is 25.3 Å². The second-order valence-electron chi connectivity index (χ2n) is 5.99. The molecular weight excluding hydrogens is 296 g/mol. The SMILES string of the molecule is O=C(O)[C@H]1CCCCN1C(=O)c1ccc(N2CCOCC2)cc1. The molecule has 2 heterocycles. The summed E-state index contributed by atoms with van der Waals surface area (Å²) in [7, 11) is 0. The lowest BCUT2D eigenvalue weighted by atomic mass is 10.0. The maximum atomic E-state index is 12.6. The van der Waals surface area contributed by atoms with Gasteiger partial charge in [0.1, 0.15) is 6.04 Å². The van der Waals surface area contributed by atoms with E-state index in [0.717, 1.165) is 44.8 Å². The Labute approximate surface area is 135 Å². The topological polar surface area (TPSA) is 70.1 Å². The van der Waals surface area contributed by atoms with Crippen LogP contribution in [0.25, 0.3) is 0 Å². The third-order valence-corrected chi connectivity index (χ3v) is 4.54. The standard InChI is InChI=1S/C17H22N2O4/c20-16(19-8-2-1-3-15(19)17(21)22)13-4-6-14(7-5-13)18-9-11-23-12-10-18/h4-7,15H,1-3,8-12H2,(H,21,22)/t15-/m1/s1. The number of likely N-dealkylation sites (tertiary alicyclic amines) is 1. The molecule has 0 aromatic heterocycles. The predicted octanol–water partition coefficient (Wildman–Crippen LogP) is 1.60. The van der Waals surface area contributed by atoms with Crippen molar-refractivity contribution in [1.82, 2.24) is 4.90 Å². The van der Waals surface area contributed by atoms with Crippen molar-refractivity contribution in [3.8, 4) is 0 Å². The van der Waals surface area contributed by atoms with Gasteiger partial charge in [-0.1, -0.05) is 0 Å². The van der Waals surface area contributed by atoms with Gasteiger partial charge in [-0.2, -0.15) is 0 Å². The summed E-state index contributed by atoms with van der Waals surface area (Å²) in [5, 5.41) is 9.31. The van der Waals surface area contributed by atoms with Crippen LogP contribution in [0.3, 0.4) is 0 Å². The quantitative estimate of drug-likeness (QED) is 0.917. The minimum absolute atomic E-state index is 0.189. The second kappa shape index (κ2) is 7.00. The molecule has 2 fully saturated rings. The van der Waals surface area contributed by atoms with Crippen LogP contribution >= 0.6 is 0 Å². The van der Waals surface area contributed by atoms with Crippen molar-refractivity contribution >= 4 is 17.6 Å². The number of hydrogen-bond donors (Lipinski definition) is 1. The molecule has 2 saturated heterocycles. The van der Waals surface area contributed by atoms with Gasteiger partial charge in [0.2, 0.25) is 0 Å². The molecule has 6 heteroatoms. The highest BCUT2D eigenvalue weighted by molar-refractivity contribution is 5.97. The highest BCUT2D eigenvalue weighted by Gasteiger charge is 2.32. The van der Waals surface area contributed by atoms with Crippen molar-refractivity contribution in [2.24, 2.45) is 0 Å². The molecule has 1 aromatic carbocycles. The Morgan fingerprint density at radius 2 is 1.74 bits per heavy atom. The number of benzene rings is 1. The van der Waals surface area contributed by atoms with Crippen LogP contribution in [0, 0.1) is 0 Å². The molecular formula is C17H22N2O4. The van der Waals surface area contributed by atoms with Crippen LogP contribution in [0.15, 0.2) is 24.3 Å². The number of carbonyl (C=O) groups is 2. The van der Waals surface area contributed by atoms with Gasteiger partial charge in [-0.3, -0.25) is 4.79 Å². The molecule has 1 N–H and O–H groups in total. The number of aliphatic carboxylic acids is 1. The number of hydrogen-bond acceptors (Lipinski definition) is 4. The first kappa shape index (κ1) is 15.8. The van der Waals surface area contributed by atoms with E-state index in [1.54, 1.807) is 12.1 Å². The Morgan fingerprint density at radius 1 is 1.04 bits per heavy atom. The number of carboxylic acid groups (broad SMARTS) is 1. The molecule has 0 radical (unpaired) electrons. The number of anilines is 1. The van der Waals surface area contributed by atoms with Gasteiger partial charge >= 0.3 is 5.97 Å². The third kappa shape index (κ3) is 3.47. The first-order valence-corrected chi connectivity index (χ1v) is 8.13. The number of rotatable bonds is 3. The zero-order valence-corrected chi connectivity index (χ0v) is 13.1. The molecule has 6 nitrogen and oxygen atoms in total. The molecule has 0 aliphatic carbocycles. The van der Waals surface area contributed by atoms with Crippen molar-refractivity contribution in [3.05, 3.63) is 29.8 Å². The normalized spacial score (nSPS) is 22.0. The molecule has 0 saturated carbocycles. The lowest BCUT2D eigenvalue weighted by Crippen LogP contribution is -2.48. The number of piperidine rings is 1. The molecule has 23 heavy (non-hydrogen) atoms. The van der Waals surface area contributed by atoms with E-state index in [4.69, 9.17) is 4.74 Å². The van der Waals surface area contributed by atoms with Crippen molar-refractivity contribution < 1.29 is 19.4 Å². The first-order chi connectivity index (χ1) is 11.2. The van der Waals surface area contributed by atoms with Crippen LogP contribution < -0.4 is 4.90 Å². The third-order valence-electron chi connectivity index (χ3n) is 4.54. The summed E-state index contributed by atoms with van der Waals surface area (Å²) in [6.45, 7) is 3.64. The molecule has 3 rings (SSSR count). The fourth-order valence-electron chi connectivity index (χ4n) is 3.23. The molecule has 0 unspecified atom stereocenters. The average Bonchev–Trinajstić information content (AvgIpc) is 2.62. The van der Waals surface area contributed by atoms with Gasteiger partial charge in [0.05, 0.1) is 13.2 Å². The molecule has 1 atom stereocenters. The summed E-state index contributed by atoms with van der Waals surface area (Å²) in [6.07, 6.45) is 2.25. The van der Waals surface area contributed by atoms with Gasteiger partial charge in [-0.05, 0) is 43.5 Å². The molecule has 2 aliphatic rings. The van der Waals surface area contributed by atoms with E-state index in [0.29, 0.717) is 18.5 Å². The van der Waals surface area contributed by atoms with E-state index in [1.165, 1.54) is 4.90 Å². The van der Waals surface area contributed by atoms with Gasteiger partial charge in [0, 0.05) is 30.9 Å². The van der Waals surface area contributed by atoms with E-state index < -0.39 is 12.0 Å². The zero-order chi connectivity index (χ0) is 16.2.